The number of aromatic nitrogens is 2. The Morgan fingerprint density at radius 1 is 1.30 bits per heavy atom. The number of halogens is 1. The summed E-state index contributed by atoms with van der Waals surface area (Å²) in [6.07, 6.45) is 0.937. The minimum atomic E-state index is 0.133. The van der Waals surface area contributed by atoms with Crippen LogP contribution in [0.3, 0.4) is 0 Å². The van der Waals surface area contributed by atoms with Crippen LogP contribution in [0, 0.1) is 0 Å². The van der Waals surface area contributed by atoms with Gasteiger partial charge >= 0.3 is 0 Å². The van der Waals surface area contributed by atoms with Gasteiger partial charge in [-0.05, 0) is 29.5 Å². The van der Waals surface area contributed by atoms with Gasteiger partial charge in [-0.3, -0.25) is 4.79 Å². The van der Waals surface area contributed by atoms with E-state index in [1.54, 1.807) is 18.3 Å². The first kappa shape index (κ1) is 13.6. The average Bonchev–Trinajstić information content (AvgIpc) is 2.73. The van der Waals surface area contributed by atoms with Crippen LogP contribution in [0.25, 0.3) is 10.2 Å². The van der Waals surface area contributed by atoms with Gasteiger partial charge in [-0.25, -0.2) is 4.98 Å². The Morgan fingerprint density at radius 3 is 2.95 bits per heavy atom. The van der Waals surface area contributed by atoms with E-state index in [1.807, 2.05) is 16.3 Å². The monoisotopic (exact) mass is 310 g/mol. The number of hydrogen-bond acceptors (Lipinski definition) is 5. The Hall–Kier alpha value is -1.40. The van der Waals surface area contributed by atoms with Crippen LogP contribution >= 0.6 is 22.9 Å². The van der Waals surface area contributed by atoms with E-state index in [-0.39, 0.29) is 11.2 Å². The molecule has 1 amide bonds. The fourth-order valence-corrected chi connectivity index (χ4v) is 3.47. The second kappa shape index (κ2) is 5.54. The molecule has 5 nitrogen and oxygen atoms in total. The third-order valence-electron chi connectivity index (χ3n) is 3.52. The number of fused-ring (bicyclic) bond motifs is 1. The Labute approximate surface area is 126 Å². The zero-order valence-electron chi connectivity index (χ0n) is 11.2. The first-order valence-corrected chi connectivity index (χ1v) is 7.82. The molecule has 7 heteroatoms. The second-order valence-electron chi connectivity index (χ2n) is 4.80. The predicted octanol–water partition coefficient (Wildman–Crippen LogP) is 2.40. The summed E-state index contributed by atoms with van der Waals surface area (Å²) in [5.41, 5.74) is 0. The number of rotatable bonds is 1. The standard InChI is InChI=1S/C13H15ClN4OS/c1-9(19)17-4-2-5-18(7-6-17)11-10-3-8-20-12(10)16-13(14)15-11/h3,8H,2,4-7H2,1H3. The minimum absolute atomic E-state index is 0.133. The average molecular weight is 311 g/mol. The first-order chi connectivity index (χ1) is 9.65. The van der Waals surface area contributed by atoms with Gasteiger partial charge in [0.05, 0.1) is 5.39 Å². The molecule has 0 N–H and O–H groups in total. The Balaban J connectivity index is 1.91. The lowest BCUT2D eigenvalue weighted by Gasteiger charge is -2.22. The van der Waals surface area contributed by atoms with Crippen molar-refractivity contribution < 1.29 is 4.79 Å². The number of nitrogens with zero attached hydrogens (tertiary/aromatic N) is 4. The molecular weight excluding hydrogens is 296 g/mol. The molecule has 0 spiro atoms. The van der Waals surface area contributed by atoms with Gasteiger partial charge in [0.2, 0.25) is 11.2 Å². The highest BCUT2D eigenvalue weighted by molar-refractivity contribution is 7.16. The van der Waals surface area contributed by atoms with E-state index >= 15 is 0 Å². The van der Waals surface area contributed by atoms with Crippen molar-refractivity contribution >= 4 is 44.9 Å². The highest BCUT2D eigenvalue weighted by atomic mass is 35.5. The lowest BCUT2D eigenvalue weighted by molar-refractivity contribution is -0.128. The number of anilines is 1. The molecule has 1 aliphatic heterocycles. The Bertz CT molecular complexity index is 644. The number of hydrogen-bond donors (Lipinski definition) is 0. The van der Waals surface area contributed by atoms with Gasteiger partial charge in [-0.2, -0.15) is 4.98 Å². The second-order valence-corrected chi connectivity index (χ2v) is 6.03. The molecule has 0 saturated carbocycles. The summed E-state index contributed by atoms with van der Waals surface area (Å²) in [7, 11) is 0. The summed E-state index contributed by atoms with van der Waals surface area (Å²) < 4.78 is 0. The largest absolute Gasteiger partial charge is 0.354 e. The maximum absolute atomic E-state index is 11.5. The molecule has 3 rings (SSSR count). The van der Waals surface area contributed by atoms with Crippen LogP contribution < -0.4 is 4.90 Å². The topological polar surface area (TPSA) is 49.3 Å². The van der Waals surface area contributed by atoms with Crippen molar-refractivity contribution in [3.05, 3.63) is 16.7 Å². The van der Waals surface area contributed by atoms with E-state index in [4.69, 9.17) is 11.6 Å². The van der Waals surface area contributed by atoms with Gasteiger partial charge in [0.25, 0.3) is 0 Å². The molecule has 3 heterocycles. The van der Waals surface area contributed by atoms with E-state index in [1.165, 1.54) is 0 Å². The number of carbonyl (C=O) groups excluding carboxylic acids is 1. The summed E-state index contributed by atoms with van der Waals surface area (Å²) in [5.74, 6) is 1.01. The van der Waals surface area contributed by atoms with Crippen molar-refractivity contribution in [2.24, 2.45) is 0 Å². The van der Waals surface area contributed by atoms with Crippen molar-refractivity contribution in [1.82, 2.24) is 14.9 Å². The van der Waals surface area contributed by atoms with Gasteiger partial charge < -0.3 is 9.80 Å². The summed E-state index contributed by atoms with van der Waals surface area (Å²) >= 11 is 7.58. The predicted molar refractivity (Wildman–Crippen MR) is 81.5 cm³/mol. The van der Waals surface area contributed by atoms with Crippen molar-refractivity contribution in [2.45, 2.75) is 13.3 Å². The third kappa shape index (κ3) is 2.58. The van der Waals surface area contributed by atoms with Crippen LogP contribution in [0.4, 0.5) is 5.82 Å². The maximum Gasteiger partial charge on any atom is 0.225 e. The van der Waals surface area contributed by atoms with Gasteiger partial charge in [-0.15, -0.1) is 11.3 Å². The van der Waals surface area contributed by atoms with Gasteiger partial charge in [-0.1, -0.05) is 0 Å². The summed E-state index contributed by atoms with van der Waals surface area (Å²) in [5, 5.41) is 3.32. The van der Waals surface area contributed by atoms with Crippen LogP contribution in [0.5, 0.6) is 0 Å². The fraction of sp³-hybridized carbons (Fsp3) is 0.462. The third-order valence-corrected chi connectivity index (χ3v) is 4.49. The fourth-order valence-electron chi connectivity index (χ4n) is 2.50. The zero-order valence-corrected chi connectivity index (χ0v) is 12.7. The first-order valence-electron chi connectivity index (χ1n) is 6.56. The lowest BCUT2D eigenvalue weighted by atomic mass is 10.3. The maximum atomic E-state index is 11.5. The summed E-state index contributed by atoms with van der Waals surface area (Å²) in [6.45, 7) is 4.80. The highest BCUT2D eigenvalue weighted by Crippen LogP contribution is 2.29. The molecule has 1 aliphatic rings. The van der Waals surface area contributed by atoms with E-state index in [9.17, 15) is 4.79 Å². The Kier molecular flexibility index (Phi) is 3.76. The van der Waals surface area contributed by atoms with Crippen LogP contribution in [0.2, 0.25) is 5.28 Å². The van der Waals surface area contributed by atoms with Crippen molar-refractivity contribution in [2.75, 3.05) is 31.1 Å². The molecule has 20 heavy (non-hydrogen) atoms. The molecule has 2 aromatic rings. The number of thiophene rings is 1. The highest BCUT2D eigenvalue weighted by Gasteiger charge is 2.20. The van der Waals surface area contributed by atoms with E-state index < -0.39 is 0 Å². The molecular formula is C13H15ClN4OS. The molecule has 1 fully saturated rings. The molecule has 0 bridgehead atoms. The lowest BCUT2D eigenvalue weighted by Crippen LogP contribution is -2.33. The number of carbonyl (C=O) groups is 1. The van der Waals surface area contributed by atoms with Crippen molar-refractivity contribution in [1.29, 1.82) is 0 Å². The van der Waals surface area contributed by atoms with Crippen molar-refractivity contribution in [3.8, 4) is 0 Å². The SMILES string of the molecule is CC(=O)N1CCCN(c2nc(Cl)nc3sccc23)CC1. The molecule has 0 radical (unpaired) electrons. The van der Waals surface area contributed by atoms with Crippen LogP contribution in [-0.4, -0.2) is 47.0 Å². The smallest absolute Gasteiger partial charge is 0.225 e. The molecule has 106 valence electrons. The summed E-state index contributed by atoms with van der Waals surface area (Å²) in [6, 6.07) is 2.03. The van der Waals surface area contributed by atoms with Gasteiger partial charge in [0.15, 0.2) is 0 Å². The molecule has 2 aromatic heterocycles. The zero-order chi connectivity index (χ0) is 14.1. The molecule has 0 aliphatic carbocycles. The number of amides is 1. The van der Waals surface area contributed by atoms with Crippen molar-refractivity contribution in [3.63, 3.8) is 0 Å². The Morgan fingerprint density at radius 2 is 2.15 bits per heavy atom. The van der Waals surface area contributed by atoms with Crippen LogP contribution in [-0.2, 0) is 4.79 Å². The quantitative estimate of drug-likeness (QED) is 0.759. The van der Waals surface area contributed by atoms with E-state index in [2.05, 4.69) is 14.9 Å². The van der Waals surface area contributed by atoms with E-state index in [0.717, 1.165) is 48.6 Å². The van der Waals surface area contributed by atoms with Crippen LogP contribution in [0.15, 0.2) is 11.4 Å². The van der Waals surface area contributed by atoms with Crippen LogP contribution in [0.1, 0.15) is 13.3 Å². The molecule has 0 unspecified atom stereocenters. The van der Waals surface area contributed by atoms with Gasteiger partial charge in [0, 0.05) is 33.1 Å². The minimum Gasteiger partial charge on any atom is -0.354 e. The molecule has 1 saturated heterocycles. The normalized spacial score (nSPS) is 16.5. The van der Waals surface area contributed by atoms with Gasteiger partial charge in [0.1, 0.15) is 10.6 Å². The molecule has 0 aromatic carbocycles. The summed E-state index contributed by atoms with van der Waals surface area (Å²) in [4.78, 5) is 25.1. The molecule has 0 atom stereocenters. The van der Waals surface area contributed by atoms with E-state index in [0.29, 0.717) is 0 Å².